The van der Waals surface area contributed by atoms with Crippen LogP contribution in [-0.2, 0) is 11.2 Å². The van der Waals surface area contributed by atoms with Gasteiger partial charge in [-0.1, -0.05) is 0 Å². The van der Waals surface area contributed by atoms with Crippen LogP contribution in [0.3, 0.4) is 0 Å². The van der Waals surface area contributed by atoms with Crippen molar-refractivity contribution in [2.45, 2.75) is 11.3 Å². The molecule has 0 unspecified atom stereocenters. The first kappa shape index (κ1) is 12.6. The number of hydrogen-bond acceptors (Lipinski definition) is 4. The molecule has 0 aliphatic heterocycles. The Bertz CT molecular complexity index is 472. The van der Waals surface area contributed by atoms with Crippen LogP contribution in [0.2, 0.25) is 0 Å². The second-order valence-electron chi connectivity index (χ2n) is 3.61. The minimum Gasteiger partial charge on any atom is -0.355 e. The highest BCUT2D eigenvalue weighted by atomic mass is 32.2. The van der Waals surface area contributed by atoms with E-state index in [1.165, 1.54) is 11.8 Å². The predicted molar refractivity (Wildman–Crippen MR) is 70.3 cm³/mol. The lowest BCUT2D eigenvalue weighted by Crippen LogP contribution is -2.27. The summed E-state index contributed by atoms with van der Waals surface area (Å²) >= 11 is 1.50. The molecule has 2 aromatic rings. The van der Waals surface area contributed by atoms with Gasteiger partial charge in [-0.25, -0.2) is 4.98 Å². The molecule has 0 aliphatic carbocycles. The minimum atomic E-state index is 0.0309. The van der Waals surface area contributed by atoms with Crippen molar-refractivity contribution < 1.29 is 4.79 Å². The van der Waals surface area contributed by atoms with Crippen molar-refractivity contribution >= 4 is 17.7 Å². The van der Waals surface area contributed by atoms with Crippen molar-refractivity contribution in [1.29, 1.82) is 0 Å². The molecule has 2 N–H and O–H groups in total. The summed E-state index contributed by atoms with van der Waals surface area (Å²) < 4.78 is 0. The Morgan fingerprint density at radius 1 is 1.33 bits per heavy atom. The number of imidazole rings is 1. The summed E-state index contributed by atoms with van der Waals surface area (Å²) in [6, 6.07) is 3.78. The van der Waals surface area contributed by atoms with Crippen LogP contribution in [0.5, 0.6) is 0 Å². The second kappa shape index (κ2) is 6.80. The SMILES string of the molecule is O=C(CSc1ccncc1)NCCc1ncc[nH]1. The number of pyridine rings is 1. The molecular formula is C12H14N4OS. The number of aromatic nitrogens is 3. The van der Waals surface area contributed by atoms with Crippen LogP contribution in [-0.4, -0.2) is 33.2 Å². The van der Waals surface area contributed by atoms with Gasteiger partial charge in [0.15, 0.2) is 0 Å². The first-order valence-corrected chi connectivity index (χ1v) is 6.61. The van der Waals surface area contributed by atoms with E-state index in [4.69, 9.17) is 0 Å². The summed E-state index contributed by atoms with van der Waals surface area (Å²) in [7, 11) is 0. The third-order valence-corrected chi connectivity index (χ3v) is 3.27. The van der Waals surface area contributed by atoms with Gasteiger partial charge < -0.3 is 10.3 Å². The molecule has 2 rings (SSSR count). The third-order valence-electron chi connectivity index (χ3n) is 2.26. The van der Waals surface area contributed by atoms with E-state index in [1.54, 1.807) is 24.8 Å². The summed E-state index contributed by atoms with van der Waals surface area (Å²) in [4.78, 5) is 23.6. The smallest absolute Gasteiger partial charge is 0.230 e. The molecule has 6 heteroatoms. The van der Waals surface area contributed by atoms with E-state index in [-0.39, 0.29) is 5.91 Å². The van der Waals surface area contributed by atoms with Gasteiger partial charge in [0.25, 0.3) is 0 Å². The normalized spacial score (nSPS) is 10.2. The number of nitrogens with zero attached hydrogens (tertiary/aromatic N) is 2. The van der Waals surface area contributed by atoms with Crippen molar-refractivity contribution in [2.75, 3.05) is 12.3 Å². The number of carbonyl (C=O) groups is 1. The van der Waals surface area contributed by atoms with E-state index in [0.717, 1.165) is 17.1 Å². The number of nitrogens with one attached hydrogen (secondary N) is 2. The maximum Gasteiger partial charge on any atom is 0.230 e. The van der Waals surface area contributed by atoms with E-state index in [2.05, 4.69) is 20.3 Å². The van der Waals surface area contributed by atoms with Gasteiger partial charge in [-0.05, 0) is 12.1 Å². The van der Waals surface area contributed by atoms with Crippen LogP contribution < -0.4 is 5.32 Å². The van der Waals surface area contributed by atoms with E-state index in [1.807, 2.05) is 12.1 Å². The van der Waals surface area contributed by atoms with Gasteiger partial charge in [0.1, 0.15) is 5.82 Å². The molecule has 5 nitrogen and oxygen atoms in total. The molecule has 0 fully saturated rings. The number of amides is 1. The Hall–Kier alpha value is -1.82. The summed E-state index contributed by atoms with van der Waals surface area (Å²) in [6.07, 6.45) is 7.64. The van der Waals surface area contributed by atoms with Crippen LogP contribution >= 0.6 is 11.8 Å². The van der Waals surface area contributed by atoms with E-state index in [9.17, 15) is 4.79 Å². The fraction of sp³-hybridized carbons (Fsp3) is 0.250. The van der Waals surface area contributed by atoms with Crippen LogP contribution in [0.25, 0.3) is 0 Å². The molecular weight excluding hydrogens is 248 g/mol. The maximum atomic E-state index is 11.6. The third kappa shape index (κ3) is 4.21. The molecule has 0 bridgehead atoms. The highest BCUT2D eigenvalue weighted by Gasteiger charge is 2.02. The zero-order chi connectivity index (χ0) is 12.6. The lowest BCUT2D eigenvalue weighted by Gasteiger charge is -2.03. The Balaban J connectivity index is 1.63. The Kier molecular flexibility index (Phi) is 4.78. The number of carbonyl (C=O) groups excluding carboxylic acids is 1. The molecule has 0 aromatic carbocycles. The summed E-state index contributed by atoms with van der Waals surface area (Å²) in [5.41, 5.74) is 0. The average molecular weight is 262 g/mol. The molecule has 18 heavy (non-hydrogen) atoms. The Morgan fingerprint density at radius 3 is 2.89 bits per heavy atom. The fourth-order valence-corrected chi connectivity index (χ4v) is 2.10. The topological polar surface area (TPSA) is 70.7 Å². The lowest BCUT2D eigenvalue weighted by atomic mass is 10.4. The Labute approximate surface area is 109 Å². The molecule has 0 aliphatic rings. The van der Waals surface area contributed by atoms with E-state index in [0.29, 0.717) is 12.3 Å². The maximum absolute atomic E-state index is 11.6. The number of H-pyrrole nitrogens is 1. The predicted octanol–water partition coefficient (Wildman–Crippen LogP) is 1.26. The molecule has 0 saturated carbocycles. The molecule has 1 amide bonds. The Morgan fingerprint density at radius 2 is 2.17 bits per heavy atom. The quantitative estimate of drug-likeness (QED) is 0.769. The number of aromatic amines is 1. The summed E-state index contributed by atoms with van der Waals surface area (Å²) in [5, 5.41) is 2.86. The van der Waals surface area contributed by atoms with Gasteiger partial charge in [-0.15, -0.1) is 11.8 Å². The molecule has 0 radical (unpaired) electrons. The molecule has 0 saturated heterocycles. The minimum absolute atomic E-state index is 0.0309. The van der Waals surface area contributed by atoms with E-state index < -0.39 is 0 Å². The number of rotatable bonds is 6. The molecule has 2 heterocycles. The lowest BCUT2D eigenvalue weighted by molar-refractivity contribution is -0.118. The van der Waals surface area contributed by atoms with Crippen molar-refractivity contribution in [3.8, 4) is 0 Å². The van der Waals surface area contributed by atoms with Gasteiger partial charge in [0.05, 0.1) is 5.75 Å². The average Bonchev–Trinajstić information content (AvgIpc) is 2.91. The summed E-state index contributed by atoms with van der Waals surface area (Å²) in [5.74, 6) is 1.34. The number of hydrogen-bond donors (Lipinski definition) is 2. The molecule has 0 spiro atoms. The van der Waals surface area contributed by atoms with Crippen molar-refractivity contribution in [2.24, 2.45) is 0 Å². The van der Waals surface area contributed by atoms with Gasteiger partial charge in [-0.2, -0.15) is 0 Å². The van der Waals surface area contributed by atoms with Crippen molar-refractivity contribution in [1.82, 2.24) is 20.3 Å². The molecule has 2 aromatic heterocycles. The zero-order valence-electron chi connectivity index (χ0n) is 9.80. The second-order valence-corrected chi connectivity index (χ2v) is 4.66. The first-order valence-electron chi connectivity index (χ1n) is 5.62. The van der Waals surface area contributed by atoms with Crippen molar-refractivity contribution in [3.63, 3.8) is 0 Å². The van der Waals surface area contributed by atoms with Gasteiger partial charge in [-0.3, -0.25) is 9.78 Å². The standard InChI is InChI=1S/C12H14N4OS/c17-12(9-18-10-1-4-13-5-2-10)16-6-3-11-14-7-8-15-11/h1-2,4-5,7-8H,3,6,9H2,(H,14,15)(H,16,17). The molecule has 0 atom stereocenters. The van der Waals surface area contributed by atoms with Crippen LogP contribution in [0.4, 0.5) is 0 Å². The first-order chi connectivity index (χ1) is 8.84. The van der Waals surface area contributed by atoms with Crippen molar-refractivity contribution in [3.05, 3.63) is 42.7 Å². The monoisotopic (exact) mass is 262 g/mol. The number of thioether (sulfide) groups is 1. The van der Waals surface area contributed by atoms with E-state index >= 15 is 0 Å². The van der Waals surface area contributed by atoms with Crippen LogP contribution in [0.15, 0.2) is 41.8 Å². The highest BCUT2D eigenvalue weighted by molar-refractivity contribution is 8.00. The summed E-state index contributed by atoms with van der Waals surface area (Å²) in [6.45, 7) is 0.600. The molecule has 94 valence electrons. The fourth-order valence-electron chi connectivity index (χ4n) is 1.39. The van der Waals surface area contributed by atoms with Gasteiger partial charge >= 0.3 is 0 Å². The van der Waals surface area contributed by atoms with Crippen LogP contribution in [0.1, 0.15) is 5.82 Å². The zero-order valence-corrected chi connectivity index (χ0v) is 10.6. The largest absolute Gasteiger partial charge is 0.355 e. The van der Waals surface area contributed by atoms with Gasteiger partial charge in [0.2, 0.25) is 5.91 Å². The highest BCUT2D eigenvalue weighted by Crippen LogP contribution is 2.15. The van der Waals surface area contributed by atoms with Crippen LogP contribution in [0, 0.1) is 0 Å². The van der Waals surface area contributed by atoms with Gasteiger partial charge in [0, 0.05) is 42.6 Å².